The lowest BCUT2D eigenvalue weighted by Crippen LogP contribution is -2.45. The van der Waals surface area contributed by atoms with Crippen LogP contribution in [0.4, 0.5) is 23.0 Å². The number of amides is 2. The minimum Gasteiger partial charge on any atom is -0.462 e. The van der Waals surface area contributed by atoms with Gasteiger partial charge in [0.2, 0.25) is 0 Å². The number of nitrogens with one attached hydrogen (secondary N) is 2. The fraction of sp³-hybridized carbons (Fsp3) is 0.533. The number of thiophene rings is 1. The van der Waals surface area contributed by atoms with E-state index in [1.807, 2.05) is 0 Å². The molecule has 0 bridgehead atoms. The predicted octanol–water partition coefficient (Wildman–Crippen LogP) is 3.48. The van der Waals surface area contributed by atoms with Gasteiger partial charge in [0, 0.05) is 0 Å². The summed E-state index contributed by atoms with van der Waals surface area (Å²) in [5, 5.41) is 3.78. The van der Waals surface area contributed by atoms with Gasteiger partial charge in [0.15, 0.2) is 0 Å². The van der Waals surface area contributed by atoms with E-state index in [1.54, 1.807) is 19.2 Å². The molecule has 0 saturated carbocycles. The van der Waals surface area contributed by atoms with Crippen molar-refractivity contribution in [1.82, 2.24) is 5.32 Å². The van der Waals surface area contributed by atoms with Crippen molar-refractivity contribution in [2.45, 2.75) is 39.9 Å². The monoisotopic (exact) mass is 396 g/mol. The molecule has 0 aliphatic rings. The Morgan fingerprint density at radius 2 is 1.65 bits per heavy atom. The summed E-state index contributed by atoms with van der Waals surface area (Å²) in [6.07, 6.45) is -4.62. The number of ether oxygens (including phenoxy) is 2. The van der Waals surface area contributed by atoms with E-state index in [-0.39, 0.29) is 34.2 Å². The van der Waals surface area contributed by atoms with E-state index in [2.05, 4.69) is 5.32 Å². The number of esters is 2. The van der Waals surface area contributed by atoms with Crippen LogP contribution in [0.25, 0.3) is 0 Å². The number of carbonyl (C=O) groups is 3. The Bertz CT molecular complexity index is 688. The molecule has 1 aromatic rings. The molecule has 7 nitrogen and oxygen atoms in total. The maximum Gasteiger partial charge on any atom is 0.408 e. The SMILES string of the molecule is CCOC(=O)c1sc(NC(=O)N[C@H](C)C(F)(F)F)c(C(=O)OCC)c1C. The van der Waals surface area contributed by atoms with Gasteiger partial charge in [-0.05, 0) is 33.3 Å². The van der Waals surface area contributed by atoms with E-state index >= 15 is 0 Å². The predicted molar refractivity (Wildman–Crippen MR) is 88.6 cm³/mol. The molecule has 0 aromatic carbocycles. The van der Waals surface area contributed by atoms with Crippen LogP contribution in [-0.4, -0.2) is 43.4 Å². The van der Waals surface area contributed by atoms with Gasteiger partial charge in [-0.3, -0.25) is 5.32 Å². The molecule has 0 aliphatic carbocycles. The topological polar surface area (TPSA) is 93.7 Å². The van der Waals surface area contributed by atoms with Crippen molar-refractivity contribution in [3.8, 4) is 0 Å². The van der Waals surface area contributed by atoms with E-state index < -0.39 is 30.2 Å². The second-order valence-corrected chi connectivity index (χ2v) is 6.08. The molecule has 146 valence electrons. The zero-order valence-corrected chi connectivity index (χ0v) is 15.4. The molecule has 0 saturated heterocycles. The minimum absolute atomic E-state index is 0.0413. The Balaban J connectivity index is 3.15. The quantitative estimate of drug-likeness (QED) is 0.718. The Morgan fingerprint density at radius 3 is 2.15 bits per heavy atom. The molecule has 1 rings (SSSR count). The first kappa shape index (κ1) is 21.7. The lowest BCUT2D eigenvalue weighted by atomic mass is 10.1. The maximum atomic E-state index is 12.5. The van der Waals surface area contributed by atoms with Gasteiger partial charge in [-0.1, -0.05) is 0 Å². The highest BCUT2D eigenvalue weighted by Crippen LogP contribution is 2.34. The van der Waals surface area contributed by atoms with E-state index in [0.717, 1.165) is 18.3 Å². The van der Waals surface area contributed by atoms with Crippen molar-refractivity contribution >= 4 is 34.3 Å². The third-order valence-corrected chi connectivity index (χ3v) is 4.34. The Labute approximate surface area is 151 Å². The van der Waals surface area contributed by atoms with Crippen molar-refractivity contribution < 1.29 is 37.0 Å². The molecule has 11 heteroatoms. The van der Waals surface area contributed by atoms with Crippen LogP contribution in [0.1, 0.15) is 46.4 Å². The van der Waals surface area contributed by atoms with Crippen LogP contribution in [0.5, 0.6) is 0 Å². The van der Waals surface area contributed by atoms with Crippen molar-refractivity contribution in [2.75, 3.05) is 18.5 Å². The molecule has 0 unspecified atom stereocenters. The van der Waals surface area contributed by atoms with Gasteiger partial charge in [0.1, 0.15) is 15.9 Å². The van der Waals surface area contributed by atoms with E-state index in [0.29, 0.717) is 0 Å². The molecule has 2 amide bonds. The number of alkyl halides is 3. The van der Waals surface area contributed by atoms with Crippen LogP contribution < -0.4 is 10.6 Å². The van der Waals surface area contributed by atoms with Crippen LogP contribution in [0, 0.1) is 6.92 Å². The summed E-state index contributed by atoms with van der Waals surface area (Å²) in [4.78, 5) is 36.0. The third-order valence-electron chi connectivity index (χ3n) is 3.15. The van der Waals surface area contributed by atoms with Crippen LogP contribution in [0.15, 0.2) is 0 Å². The van der Waals surface area contributed by atoms with Gasteiger partial charge in [0.25, 0.3) is 0 Å². The summed E-state index contributed by atoms with van der Waals surface area (Å²) in [5.74, 6) is -1.52. The molecule has 0 radical (unpaired) electrons. The summed E-state index contributed by atoms with van der Waals surface area (Å²) < 4.78 is 47.4. The lowest BCUT2D eigenvalue weighted by molar-refractivity contribution is -0.148. The summed E-state index contributed by atoms with van der Waals surface area (Å²) >= 11 is 0.723. The molecule has 1 atom stereocenters. The van der Waals surface area contributed by atoms with Crippen LogP contribution >= 0.6 is 11.3 Å². The molecular weight excluding hydrogens is 377 g/mol. The minimum atomic E-state index is -4.62. The molecule has 1 heterocycles. The number of urea groups is 1. The highest BCUT2D eigenvalue weighted by Gasteiger charge is 2.37. The van der Waals surface area contributed by atoms with Gasteiger partial charge in [-0.2, -0.15) is 13.2 Å². The molecule has 2 N–H and O–H groups in total. The van der Waals surface area contributed by atoms with Crippen molar-refractivity contribution in [3.05, 3.63) is 16.0 Å². The smallest absolute Gasteiger partial charge is 0.408 e. The number of hydrogen-bond acceptors (Lipinski definition) is 6. The normalized spacial score (nSPS) is 12.3. The second kappa shape index (κ2) is 8.88. The van der Waals surface area contributed by atoms with Crippen LogP contribution in [0.2, 0.25) is 0 Å². The third kappa shape index (κ3) is 5.35. The molecule has 0 aliphatic heterocycles. The zero-order valence-electron chi connectivity index (χ0n) is 14.6. The summed E-state index contributed by atoms with van der Waals surface area (Å²) in [6, 6.07) is -3.27. The highest BCUT2D eigenvalue weighted by atomic mass is 32.1. The van der Waals surface area contributed by atoms with Crippen LogP contribution in [-0.2, 0) is 9.47 Å². The summed E-state index contributed by atoms with van der Waals surface area (Å²) in [6.45, 7) is 5.53. The van der Waals surface area contributed by atoms with Crippen molar-refractivity contribution in [3.63, 3.8) is 0 Å². The number of anilines is 1. The average Bonchev–Trinajstić information content (AvgIpc) is 2.83. The fourth-order valence-electron chi connectivity index (χ4n) is 1.86. The Hall–Kier alpha value is -2.30. The standard InChI is InChI=1S/C15H19F3N2O5S/c1-5-24-12(21)9-7(3)10(13(22)25-6-2)26-11(9)20-14(23)19-8(4)15(16,17)18/h8H,5-6H2,1-4H3,(H2,19,20,23)/t8-/m1/s1. The van der Waals surface area contributed by atoms with Gasteiger partial charge >= 0.3 is 24.1 Å². The van der Waals surface area contributed by atoms with Gasteiger partial charge < -0.3 is 14.8 Å². The highest BCUT2D eigenvalue weighted by molar-refractivity contribution is 7.18. The molecule has 1 aromatic heterocycles. The number of halogens is 3. The van der Waals surface area contributed by atoms with Crippen LogP contribution in [0.3, 0.4) is 0 Å². The largest absolute Gasteiger partial charge is 0.462 e. The van der Waals surface area contributed by atoms with E-state index in [4.69, 9.17) is 9.47 Å². The first-order chi connectivity index (χ1) is 12.0. The Kier molecular flexibility index (Phi) is 7.42. The van der Waals surface area contributed by atoms with Gasteiger partial charge in [-0.15, -0.1) is 11.3 Å². The number of carbonyl (C=O) groups excluding carboxylic acids is 3. The molecule has 0 spiro atoms. The average molecular weight is 396 g/mol. The first-order valence-corrected chi connectivity index (χ1v) is 8.46. The van der Waals surface area contributed by atoms with Crippen molar-refractivity contribution in [1.29, 1.82) is 0 Å². The molecule has 26 heavy (non-hydrogen) atoms. The molecular formula is C15H19F3N2O5S. The number of rotatable bonds is 6. The second-order valence-electron chi connectivity index (χ2n) is 5.06. The Morgan fingerprint density at radius 1 is 1.12 bits per heavy atom. The fourth-order valence-corrected chi connectivity index (χ4v) is 2.94. The van der Waals surface area contributed by atoms with Crippen molar-refractivity contribution in [2.24, 2.45) is 0 Å². The lowest BCUT2D eigenvalue weighted by Gasteiger charge is -2.17. The van der Waals surface area contributed by atoms with E-state index in [1.165, 1.54) is 6.92 Å². The summed E-state index contributed by atoms with van der Waals surface area (Å²) in [7, 11) is 0. The first-order valence-electron chi connectivity index (χ1n) is 7.64. The molecule has 0 fully saturated rings. The summed E-state index contributed by atoms with van der Waals surface area (Å²) in [5.41, 5.74) is 0.112. The number of hydrogen-bond donors (Lipinski definition) is 2. The zero-order chi connectivity index (χ0) is 20.1. The maximum absolute atomic E-state index is 12.5. The van der Waals surface area contributed by atoms with Gasteiger partial charge in [0.05, 0.1) is 18.8 Å². The van der Waals surface area contributed by atoms with Gasteiger partial charge in [-0.25, -0.2) is 14.4 Å². The van der Waals surface area contributed by atoms with E-state index in [9.17, 15) is 27.6 Å².